The molecule has 5 heteroatoms. The van der Waals surface area contributed by atoms with Crippen LogP contribution in [0, 0.1) is 0 Å². The third-order valence-electron chi connectivity index (χ3n) is 6.41. The molecule has 37 heavy (non-hydrogen) atoms. The Hall–Kier alpha value is -3.93. The summed E-state index contributed by atoms with van der Waals surface area (Å²) in [6, 6.07) is 38.9. The summed E-state index contributed by atoms with van der Waals surface area (Å²) in [7, 11) is 0. The first-order chi connectivity index (χ1) is 18.2. The van der Waals surface area contributed by atoms with Crippen molar-refractivity contribution in [3.05, 3.63) is 132 Å². The number of aliphatic imine (C=N–C) groups is 1. The van der Waals surface area contributed by atoms with Gasteiger partial charge in [-0.1, -0.05) is 91.0 Å². The average molecular weight is 493 g/mol. The molecule has 0 bridgehead atoms. The van der Waals surface area contributed by atoms with E-state index in [1.807, 2.05) is 66.7 Å². The quantitative estimate of drug-likeness (QED) is 0.298. The maximum Gasteiger partial charge on any atom is 0.120 e. The van der Waals surface area contributed by atoms with Crippen molar-refractivity contribution in [2.45, 2.75) is 18.8 Å². The summed E-state index contributed by atoms with van der Waals surface area (Å²) in [4.78, 5) is 7.06. The molecular formula is C32H32N2O3. The van der Waals surface area contributed by atoms with Gasteiger partial charge in [-0.2, -0.15) is 0 Å². The van der Waals surface area contributed by atoms with Crippen LogP contribution in [0.4, 0.5) is 0 Å². The molecule has 0 spiro atoms. The van der Waals surface area contributed by atoms with E-state index in [1.165, 1.54) is 11.1 Å². The highest BCUT2D eigenvalue weighted by atomic mass is 16.5. The SMILES string of the molecule is OC(CN=C1CN(C(c2ccccc2)c2ccccc2)C1)COc1ccc(OCc2ccccc2)cc1. The van der Waals surface area contributed by atoms with Crippen molar-refractivity contribution in [3.8, 4) is 11.5 Å². The first-order valence-electron chi connectivity index (χ1n) is 12.7. The average Bonchev–Trinajstić information content (AvgIpc) is 2.94. The monoisotopic (exact) mass is 492 g/mol. The van der Waals surface area contributed by atoms with E-state index in [-0.39, 0.29) is 12.6 Å². The minimum atomic E-state index is -0.658. The molecule has 4 aromatic carbocycles. The lowest BCUT2D eigenvalue weighted by atomic mass is 9.94. The van der Waals surface area contributed by atoms with Gasteiger partial charge in [-0.05, 0) is 41.0 Å². The molecule has 0 amide bonds. The second-order valence-electron chi connectivity index (χ2n) is 9.25. The Bertz CT molecular complexity index is 1210. The van der Waals surface area contributed by atoms with E-state index >= 15 is 0 Å². The lowest BCUT2D eigenvalue weighted by Crippen LogP contribution is -2.49. The lowest BCUT2D eigenvalue weighted by Gasteiger charge is -2.40. The van der Waals surface area contributed by atoms with E-state index in [2.05, 4.69) is 58.4 Å². The van der Waals surface area contributed by atoms with E-state index in [9.17, 15) is 5.11 Å². The predicted molar refractivity (Wildman–Crippen MR) is 147 cm³/mol. The van der Waals surface area contributed by atoms with Crippen LogP contribution < -0.4 is 9.47 Å². The van der Waals surface area contributed by atoms with Gasteiger partial charge in [0.05, 0.1) is 12.6 Å². The van der Waals surface area contributed by atoms with Crippen LogP contribution in [-0.4, -0.2) is 48.1 Å². The highest BCUT2D eigenvalue weighted by Gasteiger charge is 2.31. The Kier molecular flexibility index (Phi) is 8.26. The van der Waals surface area contributed by atoms with Crippen molar-refractivity contribution in [3.63, 3.8) is 0 Å². The summed E-state index contributed by atoms with van der Waals surface area (Å²) in [6.45, 7) is 2.65. The smallest absolute Gasteiger partial charge is 0.120 e. The minimum Gasteiger partial charge on any atom is -0.491 e. The summed E-state index contributed by atoms with van der Waals surface area (Å²) >= 11 is 0. The standard InChI is InChI=1S/C32H32N2O3/c35-29(24-37-31-18-16-30(17-19-31)36-23-25-10-4-1-5-11-25)20-33-28-21-34(22-28)32(26-12-6-2-7-13-26)27-14-8-3-9-15-27/h1-19,29,32,35H,20-24H2. The predicted octanol–water partition coefficient (Wildman–Crippen LogP) is 5.55. The molecule has 5 rings (SSSR count). The topological polar surface area (TPSA) is 54.3 Å². The van der Waals surface area contributed by atoms with Gasteiger partial charge in [0.25, 0.3) is 0 Å². The molecule has 0 aliphatic carbocycles. The number of hydrogen-bond acceptors (Lipinski definition) is 5. The fourth-order valence-electron chi connectivity index (χ4n) is 4.44. The lowest BCUT2D eigenvalue weighted by molar-refractivity contribution is 0.114. The molecule has 1 heterocycles. The minimum absolute atomic E-state index is 0.196. The normalized spacial score (nSPS) is 14.2. The number of ether oxygens (including phenoxy) is 2. The summed E-state index contributed by atoms with van der Waals surface area (Å²) in [5, 5.41) is 10.4. The number of likely N-dealkylation sites (tertiary alicyclic amines) is 1. The van der Waals surface area contributed by atoms with Gasteiger partial charge in [0, 0.05) is 18.8 Å². The number of hydrogen-bond donors (Lipinski definition) is 1. The highest BCUT2D eigenvalue weighted by Crippen LogP contribution is 2.31. The molecular weight excluding hydrogens is 460 g/mol. The number of aliphatic hydroxyl groups excluding tert-OH is 1. The Labute approximate surface area is 218 Å². The van der Waals surface area contributed by atoms with Crippen molar-refractivity contribution in [1.29, 1.82) is 0 Å². The van der Waals surface area contributed by atoms with Crippen molar-refractivity contribution in [1.82, 2.24) is 4.90 Å². The molecule has 1 aliphatic heterocycles. The molecule has 1 fully saturated rings. The van der Waals surface area contributed by atoms with Crippen molar-refractivity contribution >= 4 is 5.71 Å². The molecule has 188 valence electrons. The summed E-state index contributed by atoms with van der Waals surface area (Å²) in [5.41, 5.74) is 4.78. The first-order valence-corrected chi connectivity index (χ1v) is 12.7. The fraction of sp³-hybridized carbons (Fsp3) is 0.219. The van der Waals surface area contributed by atoms with Gasteiger partial charge in [-0.3, -0.25) is 9.89 Å². The van der Waals surface area contributed by atoms with Crippen LogP contribution in [0.3, 0.4) is 0 Å². The number of rotatable bonds is 11. The molecule has 0 saturated carbocycles. The van der Waals surface area contributed by atoms with Gasteiger partial charge in [-0.25, -0.2) is 0 Å². The van der Waals surface area contributed by atoms with E-state index in [1.54, 1.807) is 0 Å². The third kappa shape index (κ3) is 6.85. The van der Waals surface area contributed by atoms with Crippen LogP contribution >= 0.6 is 0 Å². The second kappa shape index (κ2) is 12.3. The number of benzene rings is 4. The molecule has 0 radical (unpaired) electrons. The van der Waals surface area contributed by atoms with Gasteiger partial charge < -0.3 is 14.6 Å². The van der Waals surface area contributed by atoms with E-state index in [0.717, 1.165) is 30.1 Å². The highest BCUT2D eigenvalue weighted by molar-refractivity contribution is 5.93. The van der Waals surface area contributed by atoms with Crippen LogP contribution in [-0.2, 0) is 6.61 Å². The Morgan fingerprint density at radius 3 is 1.76 bits per heavy atom. The molecule has 1 atom stereocenters. The molecule has 4 aromatic rings. The van der Waals surface area contributed by atoms with Crippen LogP contribution in [0.15, 0.2) is 120 Å². The van der Waals surface area contributed by atoms with Crippen LogP contribution in [0.5, 0.6) is 11.5 Å². The maximum absolute atomic E-state index is 10.4. The summed E-state index contributed by atoms with van der Waals surface area (Å²) < 4.78 is 11.6. The second-order valence-corrected chi connectivity index (χ2v) is 9.25. The molecule has 1 N–H and O–H groups in total. The Morgan fingerprint density at radius 1 is 0.676 bits per heavy atom. The first kappa shape index (κ1) is 24.8. The van der Waals surface area contributed by atoms with E-state index in [0.29, 0.717) is 18.9 Å². The zero-order valence-corrected chi connectivity index (χ0v) is 20.8. The van der Waals surface area contributed by atoms with Crippen LogP contribution in [0.2, 0.25) is 0 Å². The van der Waals surface area contributed by atoms with Crippen LogP contribution in [0.1, 0.15) is 22.7 Å². The Morgan fingerprint density at radius 2 is 1.19 bits per heavy atom. The van der Waals surface area contributed by atoms with Crippen LogP contribution in [0.25, 0.3) is 0 Å². The number of nitrogens with zero attached hydrogens (tertiary/aromatic N) is 2. The van der Waals surface area contributed by atoms with E-state index < -0.39 is 6.10 Å². The largest absolute Gasteiger partial charge is 0.491 e. The molecule has 0 aromatic heterocycles. The van der Waals surface area contributed by atoms with Gasteiger partial charge in [0.2, 0.25) is 0 Å². The molecule has 1 aliphatic rings. The van der Waals surface area contributed by atoms with E-state index in [4.69, 9.17) is 9.47 Å². The Balaban J connectivity index is 1.07. The zero-order chi connectivity index (χ0) is 25.3. The third-order valence-corrected chi connectivity index (χ3v) is 6.41. The molecule has 1 saturated heterocycles. The zero-order valence-electron chi connectivity index (χ0n) is 20.8. The van der Waals surface area contributed by atoms with Gasteiger partial charge in [0.15, 0.2) is 0 Å². The van der Waals surface area contributed by atoms with Gasteiger partial charge in [-0.15, -0.1) is 0 Å². The number of aliphatic hydroxyl groups is 1. The molecule has 1 unspecified atom stereocenters. The van der Waals surface area contributed by atoms with Gasteiger partial charge >= 0.3 is 0 Å². The van der Waals surface area contributed by atoms with Crippen molar-refractivity contribution < 1.29 is 14.6 Å². The van der Waals surface area contributed by atoms with Gasteiger partial charge in [0.1, 0.15) is 30.8 Å². The van der Waals surface area contributed by atoms with Crippen molar-refractivity contribution in [2.75, 3.05) is 26.2 Å². The summed E-state index contributed by atoms with van der Waals surface area (Å²) in [6.07, 6.45) is -0.658. The maximum atomic E-state index is 10.4. The fourth-order valence-corrected chi connectivity index (χ4v) is 4.44. The molecule has 5 nitrogen and oxygen atoms in total. The van der Waals surface area contributed by atoms with Crippen molar-refractivity contribution in [2.24, 2.45) is 4.99 Å². The summed E-state index contributed by atoms with van der Waals surface area (Å²) in [5.74, 6) is 1.48.